The number of nitrogens with one attached hydrogen (secondary N) is 1. The van der Waals surface area contributed by atoms with E-state index in [1.165, 1.54) is 37.8 Å². The SMILES string of the molecule is CNc1ncccc1CN(C)CC1CCCC1. The molecule has 94 valence electrons. The summed E-state index contributed by atoms with van der Waals surface area (Å²) in [5, 5.41) is 3.16. The maximum absolute atomic E-state index is 4.34. The molecule has 0 aromatic carbocycles. The molecule has 0 bridgehead atoms. The van der Waals surface area contributed by atoms with Crippen molar-refractivity contribution in [2.45, 2.75) is 32.2 Å². The van der Waals surface area contributed by atoms with E-state index in [1.807, 2.05) is 19.3 Å². The van der Waals surface area contributed by atoms with Crippen molar-refractivity contribution in [3.8, 4) is 0 Å². The van der Waals surface area contributed by atoms with E-state index >= 15 is 0 Å². The molecule has 1 aromatic heterocycles. The third-order valence-electron chi connectivity index (χ3n) is 3.61. The molecule has 1 aliphatic rings. The number of nitrogens with zero attached hydrogens (tertiary/aromatic N) is 2. The van der Waals surface area contributed by atoms with Crippen molar-refractivity contribution < 1.29 is 0 Å². The van der Waals surface area contributed by atoms with Crippen LogP contribution in [-0.2, 0) is 6.54 Å². The minimum atomic E-state index is 0.912. The van der Waals surface area contributed by atoms with Crippen molar-refractivity contribution in [1.82, 2.24) is 9.88 Å². The predicted molar refractivity (Wildman–Crippen MR) is 72.1 cm³/mol. The van der Waals surface area contributed by atoms with E-state index in [0.29, 0.717) is 0 Å². The van der Waals surface area contributed by atoms with Crippen LogP contribution in [0.15, 0.2) is 18.3 Å². The molecule has 1 aliphatic carbocycles. The number of hydrogen-bond donors (Lipinski definition) is 1. The molecular weight excluding hydrogens is 210 g/mol. The Morgan fingerprint density at radius 2 is 2.18 bits per heavy atom. The van der Waals surface area contributed by atoms with Gasteiger partial charge in [0.1, 0.15) is 5.82 Å². The van der Waals surface area contributed by atoms with Gasteiger partial charge < -0.3 is 10.2 Å². The summed E-state index contributed by atoms with van der Waals surface area (Å²) in [4.78, 5) is 6.77. The van der Waals surface area contributed by atoms with Gasteiger partial charge in [0.2, 0.25) is 0 Å². The molecule has 1 N–H and O–H groups in total. The number of aromatic nitrogens is 1. The molecule has 3 nitrogen and oxygen atoms in total. The summed E-state index contributed by atoms with van der Waals surface area (Å²) in [6, 6.07) is 4.17. The Bertz CT molecular complexity index is 345. The third-order valence-corrected chi connectivity index (χ3v) is 3.61. The van der Waals surface area contributed by atoms with Crippen molar-refractivity contribution in [3.05, 3.63) is 23.9 Å². The summed E-state index contributed by atoms with van der Waals surface area (Å²) < 4.78 is 0. The van der Waals surface area contributed by atoms with Gasteiger partial charge in [-0.3, -0.25) is 0 Å². The molecule has 0 radical (unpaired) electrons. The van der Waals surface area contributed by atoms with Crippen molar-refractivity contribution in [2.24, 2.45) is 5.92 Å². The minimum absolute atomic E-state index is 0.912. The Kier molecular flexibility index (Phi) is 4.37. The summed E-state index contributed by atoms with van der Waals surface area (Å²) in [7, 11) is 4.15. The highest BCUT2D eigenvalue weighted by Gasteiger charge is 2.17. The van der Waals surface area contributed by atoms with Crippen LogP contribution in [-0.4, -0.2) is 30.5 Å². The first-order chi connectivity index (χ1) is 8.29. The van der Waals surface area contributed by atoms with Crippen molar-refractivity contribution in [1.29, 1.82) is 0 Å². The average molecular weight is 233 g/mol. The topological polar surface area (TPSA) is 28.2 Å². The number of hydrogen-bond acceptors (Lipinski definition) is 3. The first-order valence-electron chi connectivity index (χ1n) is 6.60. The van der Waals surface area contributed by atoms with Crippen LogP contribution < -0.4 is 5.32 Å². The van der Waals surface area contributed by atoms with Crippen LogP contribution in [0.4, 0.5) is 5.82 Å². The fourth-order valence-electron chi connectivity index (χ4n) is 2.78. The zero-order valence-corrected chi connectivity index (χ0v) is 10.9. The van der Waals surface area contributed by atoms with Crippen molar-refractivity contribution in [3.63, 3.8) is 0 Å². The average Bonchev–Trinajstić information content (AvgIpc) is 2.82. The second-order valence-electron chi connectivity index (χ2n) is 5.11. The predicted octanol–water partition coefficient (Wildman–Crippen LogP) is 2.75. The first-order valence-corrected chi connectivity index (χ1v) is 6.60. The summed E-state index contributed by atoms with van der Waals surface area (Å²) in [5.74, 6) is 1.92. The monoisotopic (exact) mass is 233 g/mol. The molecule has 3 heteroatoms. The lowest BCUT2D eigenvalue weighted by molar-refractivity contribution is 0.271. The van der Waals surface area contributed by atoms with E-state index in [0.717, 1.165) is 18.3 Å². The fourth-order valence-corrected chi connectivity index (χ4v) is 2.78. The van der Waals surface area contributed by atoms with Gasteiger partial charge >= 0.3 is 0 Å². The molecule has 1 fully saturated rings. The van der Waals surface area contributed by atoms with E-state index in [2.05, 4.69) is 28.3 Å². The normalized spacial score (nSPS) is 16.6. The van der Waals surface area contributed by atoms with Crippen molar-refractivity contribution in [2.75, 3.05) is 26.0 Å². The van der Waals surface area contributed by atoms with Crippen LogP contribution in [0, 0.1) is 5.92 Å². The molecule has 0 unspecified atom stereocenters. The molecule has 17 heavy (non-hydrogen) atoms. The van der Waals surface area contributed by atoms with Crippen LogP contribution in [0.25, 0.3) is 0 Å². The zero-order chi connectivity index (χ0) is 12.1. The standard InChI is InChI=1S/C14H23N3/c1-15-14-13(8-5-9-16-14)11-17(2)10-12-6-3-4-7-12/h5,8-9,12H,3-4,6-7,10-11H2,1-2H3,(H,15,16). The molecule has 0 amide bonds. The Morgan fingerprint density at radius 3 is 2.88 bits per heavy atom. The van der Waals surface area contributed by atoms with Gasteiger partial charge in [-0.1, -0.05) is 18.9 Å². The largest absolute Gasteiger partial charge is 0.373 e. The van der Waals surface area contributed by atoms with E-state index in [9.17, 15) is 0 Å². The van der Waals surface area contributed by atoms with Gasteiger partial charge in [0.05, 0.1) is 0 Å². The molecule has 1 heterocycles. The maximum Gasteiger partial charge on any atom is 0.130 e. The Morgan fingerprint density at radius 1 is 1.41 bits per heavy atom. The van der Waals surface area contributed by atoms with E-state index in [4.69, 9.17) is 0 Å². The van der Waals surface area contributed by atoms with Crippen LogP contribution in [0.2, 0.25) is 0 Å². The number of anilines is 1. The highest BCUT2D eigenvalue weighted by molar-refractivity contribution is 5.42. The number of rotatable bonds is 5. The maximum atomic E-state index is 4.34. The smallest absolute Gasteiger partial charge is 0.130 e. The van der Waals surface area contributed by atoms with Crippen LogP contribution in [0.3, 0.4) is 0 Å². The van der Waals surface area contributed by atoms with Crippen molar-refractivity contribution >= 4 is 5.82 Å². The van der Waals surface area contributed by atoms with Gasteiger partial charge in [0, 0.05) is 31.9 Å². The Labute approximate surface area is 104 Å². The Balaban J connectivity index is 1.90. The molecular formula is C14H23N3. The highest BCUT2D eigenvalue weighted by Crippen LogP contribution is 2.25. The lowest BCUT2D eigenvalue weighted by atomic mass is 10.1. The summed E-state index contributed by atoms with van der Waals surface area (Å²) in [6.45, 7) is 2.21. The van der Waals surface area contributed by atoms with Gasteiger partial charge in [-0.25, -0.2) is 4.98 Å². The molecule has 2 rings (SSSR count). The van der Waals surface area contributed by atoms with Gasteiger partial charge in [-0.15, -0.1) is 0 Å². The molecule has 0 spiro atoms. The summed E-state index contributed by atoms with van der Waals surface area (Å²) in [5.41, 5.74) is 1.29. The zero-order valence-electron chi connectivity index (χ0n) is 10.9. The molecule has 1 aromatic rings. The molecule has 0 saturated heterocycles. The minimum Gasteiger partial charge on any atom is -0.373 e. The molecule has 1 saturated carbocycles. The van der Waals surface area contributed by atoms with Crippen LogP contribution in [0.5, 0.6) is 0 Å². The summed E-state index contributed by atoms with van der Waals surface area (Å²) >= 11 is 0. The van der Waals surface area contributed by atoms with Crippen LogP contribution in [0.1, 0.15) is 31.2 Å². The van der Waals surface area contributed by atoms with E-state index in [-0.39, 0.29) is 0 Å². The second kappa shape index (κ2) is 6.01. The van der Waals surface area contributed by atoms with Gasteiger partial charge in [0.15, 0.2) is 0 Å². The van der Waals surface area contributed by atoms with Crippen LogP contribution >= 0.6 is 0 Å². The summed E-state index contributed by atoms with van der Waals surface area (Å²) in [6.07, 6.45) is 7.51. The second-order valence-corrected chi connectivity index (χ2v) is 5.11. The fraction of sp³-hybridized carbons (Fsp3) is 0.643. The lowest BCUT2D eigenvalue weighted by Crippen LogP contribution is -2.24. The highest BCUT2D eigenvalue weighted by atomic mass is 15.1. The lowest BCUT2D eigenvalue weighted by Gasteiger charge is -2.21. The molecule has 0 atom stereocenters. The van der Waals surface area contributed by atoms with E-state index < -0.39 is 0 Å². The third kappa shape index (κ3) is 3.43. The Hall–Kier alpha value is -1.09. The van der Waals surface area contributed by atoms with Gasteiger partial charge in [-0.2, -0.15) is 0 Å². The first kappa shape index (κ1) is 12.4. The quantitative estimate of drug-likeness (QED) is 0.847. The van der Waals surface area contributed by atoms with Gasteiger partial charge in [-0.05, 0) is 31.9 Å². The van der Waals surface area contributed by atoms with Gasteiger partial charge in [0.25, 0.3) is 0 Å². The molecule has 0 aliphatic heterocycles. The van der Waals surface area contributed by atoms with E-state index in [1.54, 1.807) is 0 Å². The number of pyridine rings is 1.